The molecular formula is C14H19NO4. The van der Waals surface area contributed by atoms with Crippen LogP contribution in [0.2, 0.25) is 0 Å². The molecule has 5 nitrogen and oxygen atoms in total. The summed E-state index contributed by atoms with van der Waals surface area (Å²) in [5, 5.41) is 11.8. The van der Waals surface area contributed by atoms with Crippen LogP contribution < -0.4 is 10.1 Å². The molecule has 5 heteroatoms. The summed E-state index contributed by atoms with van der Waals surface area (Å²) in [5.74, 6) is -1.16. The first-order valence-electron chi connectivity index (χ1n) is 6.12. The number of carbonyl (C=O) groups excluding carboxylic acids is 1. The first-order chi connectivity index (χ1) is 8.85. The van der Waals surface area contributed by atoms with Crippen LogP contribution in [0.25, 0.3) is 0 Å². The SMILES string of the molecule is CCC(C)(C)NC(=O)COc1ccccc1C(=O)O. The van der Waals surface area contributed by atoms with Gasteiger partial charge in [0.1, 0.15) is 11.3 Å². The molecule has 0 saturated carbocycles. The van der Waals surface area contributed by atoms with Gasteiger partial charge in [0, 0.05) is 5.54 Å². The number of aromatic carboxylic acids is 1. The number of carboxylic acids is 1. The second-order valence-corrected chi connectivity index (χ2v) is 4.88. The molecular weight excluding hydrogens is 246 g/mol. The number of benzene rings is 1. The smallest absolute Gasteiger partial charge is 0.339 e. The second-order valence-electron chi connectivity index (χ2n) is 4.88. The van der Waals surface area contributed by atoms with Gasteiger partial charge in [-0.3, -0.25) is 4.79 Å². The van der Waals surface area contributed by atoms with Gasteiger partial charge in [-0.1, -0.05) is 19.1 Å². The van der Waals surface area contributed by atoms with E-state index in [1.165, 1.54) is 12.1 Å². The van der Waals surface area contributed by atoms with E-state index in [1.54, 1.807) is 12.1 Å². The number of carbonyl (C=O) groups is 2. The molecule has 0 aliphatic carbocycles. The molecule has 0 bridgehead atoms. The Kier molecular flexibility index (Phi) is 4.92. The van der Waals surface area contributed by atoms with E-state index in [0.717, 1.165) is 6.42 Å². The highest BCUT2D eigenvalue weighted by Crippen LogP contribution is 2.17. The normalized spacial score (nSPS) is 10.9. The lowest BCUT2D eigenvalue weighted by atomic mass is 10.0. The fraction of sp³-hybridized carbons (Fsp3) is 0.429. The van der Waals surface area contributed by atoms with Gasteiger partial charge < -0.3 is 15.2 Å². The topological polar surface area (TPSA) is 75.6 Å². The Morgan fingerprint density at radius 2 is 1.95 bits per heavy atom. The summed E-state index contributed by atoms with van der Waals surface area (Å²) in [6.45, 7) is 5.60. The molecule has 0 spiro atoms. The number of para-hydroxylation sites is 1. The van der Waals surface area contributed by atoms with Crippen molar-refractivity contribution in [3.05, 3.63) is 29.8 Å². The molecule has 0 radical (unpaired) electrons. The highest BCUT2D eigenvalue weighted by Gasteiger charge is 2.18. The van der Waals surface area contributed by atoms with Gasteiger partial charge in [-0.15, -0.1) is 0 Å². The number of ether oxygens (including phenoxy) is 1. The third-order valence-electron chi connectivity index (χ3n) is 2.84. The van der Waals surface area contributed by atoms with Crippen molar-refractivity contribution in [1.82, 2.24) is 5.32 Å². The van der Waals surface area contributed by atoms with Crippen molar-refractivity contribution in [2.75, 3.05) is 6.61 Å². The largest absolute Gasteiger partial charge is 0.483 e. The van der Waals surface area contributed by atoms with Crippen molar-refractivity contribution < 1.29 is 19.4 Å². The number of amides is 1. The first kappa shape index (κ1) is 15.0. The zero-order valence-electron chi connectivity index (χ0n) is 11.4. The van der Waals surface area contributed by atoms with E-state index in [4.69, 9.17) is 9.84 Å². The minimum atomic E-state index is -1.08. The van der Waals surface area contributed by atoms with E-state index < -0.39 is 5.97 Å². The van der Waals surface area contributed by atoms with E-state index in [1.807, 2.05) is 20.8 Å². The van der Waals surface area contributed by atoms with Gasteiger partial charge >= 0.3 is 5.97 Å². The Labute approximate surface area is 112 Å². The average molecular weight is 265 g/mol. The Bertz CT molecular complexity index is 468. The van der Waals surface area contributed by atoms with Crippen LogP contribution in [0.4, 0.5) is 0 Å². The molecule has 1 aromatic carbocycles. The zero-order valence-corrected chi connectivity index (χ0v) is 11.4. The van der Waals surface area contributed by atoms with Crippen molar-refractivity contribution in [3.8, 4) is 5.75 Å². The van der Waals surface area contributed by atoms with E-state index in [9.17, 15) is 9.59 Å². The second kappa shape index (κ2) is 6.22. The van der Waals surface area contributed by atoms with Crippen molar-refractivity contribution in [3.63, 3.8) is 0 Å². The highest BCUT2D eigenvalue weighted by molar-refractivity contribution is 5.91. The molecule has 19 heavy (non-hydrogen) atoms. The maximum Gasteiger partial charge on any atom is 0.339 e. The van der Waals surface area contributed by atoms with Crippen LogP contribution in [0, 0.1) is 0 Å². The summed E-state index contributed by atoms with van der Waals surface area (Å²) < 4.78 is 5.26. The maximum atomic E-state index is 11.7. The van der Waals surface area contributed by atoms with E-state index in [2.05, 4.69) is 5.32 Å². The van der Waals surface area contributed by atoms with Crippen LogP contribution >= 0.6 is 0 Å². The minimum Gasteiger partial charge on any atom is -0.483 e. The molecule has 0 aliphatic heterocycles. The van der Waals surface area contributed by atoms with Gasteiger partial charge in [0.15, 0.2) is 6.61 Å². The molecule has 2 N–H and O–H groups in total. The van der Waals surface area contributed by atoms with E-state index in [-0.39, 0.29) is 29.4 Å². The van der Waals surface area contributed by atoms with Gasteiger partial charge in [-0.2, -0.15) is 0 Å². The lowest BCUT2D eigenvalue weighted by Gasteiger charge is -2.24. The van der Waals surface area contributed by atoms with Gasteiger partial charge in [-0.05, 0) is 32.4 Å². The molecule has 0 heterocycles. The number of rotatable bonds is 6. The first-order valence-corrected chi connectivity index (χ1v) is 6.12. The summed E-state index contributed by atoms with van der Waals surface area (Å²) in [6, 6.07) is 6.24. The standard InChI is InChI=1S/C14H19NO4/c1-4-14(2,3)15-12(16)9-19-11-8-6-5-7-10(11)13(17)18/h5-8H,4,9H2,1-3H3,(H,15,16)(H,17,18). The van der Waals surface area contributed by atoms with Crippen LogP contribution in [0.15, 0.2) is 24.3 Å². The Morgan fingerprint density at radius 3 is 2.53 bits per heavy atom. The van der Waals surface area contributed by atoms with E-state index >= 15 is 0 Å². The maximum absolute atomic E-state index is 11.7. The minimum absolute atomic E-state index is 0.0463. The fourth-order valence-electron chi connectivity index (χ4n) is 1.41. The summed E-state index contributed by atoms with van der Waals surface area (Å²) in [5.41, 5.74) is -0.253. The van der Waals surface area contributed by atoms with Gasteiger partial charge in [0.05, 0.1) is 0 Å². The molecule has 0 fully saturated rings. The Balaban J connectivity index is 2.63. The molecule has 0 aromatic heterocycles. The van der Waals surface area contributed by atoms with Crippen molar-refractivity contribution in [2.24, 2.45) is 0 Å². The number of hydrogen-bond acceptors (Lipinski definition) is 3. The van der Waals surface area contributed by atoms with Crippen molar-refractivity contribution >= 4 is 11.9 Å². The Hall–Kier alpha value is -2.04. The third-order valence-corrected chi connectivity index (χ3v) is 2.84. The fourth-order valence-corrected chi connectivity index (χ4v) is 1.41. The molecule has 0 aliphatic rings. The predicted molar refractivity (Wildman–Crippen MR) is 71.4 cm³/mol. The average Bonchev–Trinajstić information content (AvgIpc) is 2.36. The quantitative estimate of drug-likeness (QED) is 0.825. The molecule has 104 valence electrons. The van der Waals surface area contributed by atoms with Crippen LogP contribution in [0.1, 0.15) is 37.6 Å². The number of carboxylic acid groups (broad SMARTS) is 1. The van der Waals surface area contributed by atoms with Gasteiger partial charge in [0.2, 0.25) is 0 Å². The van der Waals surface area contributed by atoms with E-state index in [0.29, 0.717) is 0 Å². The van der Waals surface area contributed by atoms with Crippen LogP contribution in [-0.4, -0.2) is 29.1 Å². The van der Waals surface area contributed by atoms with Gasteiger partial charge in [-0.25, -0.2) is 4.79 Å². The molecule has 1 amide bonds. The lowest BCUT2D eigenvalue weighted by Crippen LogP contribution is -2.44. The molecule has 0 atom stereocenters. The van der Waals surface area contributed by atoms with Crippen LogP contribution in [0.3, 0.4) is 0 Å². The Morgan fingerprint density at radius 1 is 1.32 bits per heavy atom. The summed E-state index contributed by atoms with van der Waals surface area (Å²) in [6.07, 6.45) is 0.796. The molecule has 0 saturated heterocycles. The number of hydrogen-bond donors (Lipinski definition) is 2. The summed E-state index contributed by atoms with van der Waals surface area (Å²) >= 11 is 0. The number of nitrogens with one attached hydrogen (secondary N) is 1. The lowest BCUT2D eigenvalue weighted by molar-refractivity contribution is -0.124. The monoisotopic (exact) mass is 265 g/mol. The predicted octanol–water partition coefficient (Wildman–Crippen LogP) is 2.07. The summed E-state index contributed by atoms with van der Waals surface area (Å²) in [4.78, 5) is 22.6. The third kappa shape index (κ3) is 4.62. The van der Waals surface area contributed by atoms with Gasteiger partial charge in [0.25, 0.3) is 5.91 Å². The highest BCUT2D eigenvalue weighted by atomic mass is 16.5. The molecule has 1 rings (SSSR count). The molecule has 1 aromatic rings. The zero-order chi connectivity index (χ0) is 14.5. The van der Waals surface area contributed by atoms with Crippen LogP contribution in [-0.2, 0) is 4.79 Å². The summed E-state index contributed by atoms with van der Waals surface area (Å²) in [7, 11) is 0. The van der Waals surface area contributed by atoms with Crippen LogP contribution in [0.5, 0.6) is 5.75 Å². The van der Waals surface area contributed by atoms with Crippen molar-refractivity contribution in [2.45, 2.75) is 32.7 Å². The van der Waals surface area contributed by atoms with Crippen molar-refractivity contribution in [1.29, 1.82) is 0 Å². The molecule has 0 unspecified atom stereocenters.